The molecule has 0 aliphatic carbocycles. The van der Waals surface area contributed by atoms with Crippen LogP contribution in [0.25, 0.3) is 22.0 Å². The molecule has 0 amide bonds. The second kappa shape index (κ2) is 6.91. The van der Waals surface area contributed by atoms with E-state index in [0.29, 0.717) is 0 Å². The molecule has 3 heteroatoms. The summed E-state index contributed by atoms with van der Waals surface area (Å²) in [5, 5.41) is 2.90. The maximum atomic E-state index is 6.01. The number of halogens is 1. The minimum Gasteiger partial charge on any atom is -0.240 e. The minimum absolute atomic E-state index is 0.745. The van der Waals surface area contributed by atoms with E-state index in [2.05, 4.69) is 55.5 Å². The van der Waals surface area contributed by atoms with E-state index >= 15 is 0 Å². The average molecular weight is 362 g/mol. The maximum absolute atomic E-state index is 6.01. The summed E-state index contributed by atoms with van der Waals surface area (Å²) in [5.41, 5.74) is 4.60. The van der Waals surface area contributed by atoms with Gasteiger partial charge in [-0.15, -0.1) is 0 Å². The summed E-state index contributed by atoms with van der Waals surface area (Å²) in [6.45, 7) is 2.10. The Kier molecular flexibility index (Phi) is 4.48. The number of aryl methyl sites for hydroxylation is 1. The Balaban J connectivity index is 1.86. The lowest BCUT2D eigenvalue weighted by Crippen LogP contribution is -1.89. The first-order valence-electron chi connectivity index (χ1n) is 8.09. The van der Waals surface area contributed by atoms with Crippen LogP contribution in [-0.4, -0.2) is 4.98 Å². The molecule has 0 aliphatic heterocycles. The van der Waals surface area contributed by atoms with Crippen LogP contribution in [0.5, 0.6) is 0 Å². The molecule has 0 saturated heterocycles. The molecular formula is C22H16ClNS. The van der Waals surface area contributed by atoms with Gasteiger partial charge < -0.3 is 0 Å². The quantitative estimate of drug-likeness (QED) is 0.389. The van der Waals surface area contributed by atoms with Gasteiger partial charge in [0.25, 0.3) is 0 Å². The van der Waals surface area contributed by atoms with E-state index in [9.17, 15) is 0 Å². The summed E-state index contributed by atoms with van der Waals surface area (Å²) in [6.07, 6.45) is 0. The van der Waals surface area contributed by atoms with E-state index in [4.69, 9.17) is 16.6 Å². The van der Waals surface area contributed by atoms with E-state index in [1.807, 2.05) is 30.3 Å². The molecule has 0 aliphatic rings. The van der Waals surface area contributed by atoms with Gasteiger partial charge in [-0.1, -0.05) is 71.4 Å². The molecule has 1 heterocycles. The summed E-state index contributed by atoms with van der Waals surface area (Å²) in [6, 6.07) is 27.0. The number of aromatic nitrogens is 1. The molecule has 0 radical (unpaired) electrons. The Bertz CT molecular complexity index is 1020. The van der Waals surface area contributed by atoms with Crippen LogP contribution in [0.2, 0.25) is 5.02 Å². The number of nitrogens with zero attached hydrogens (tertiary/aromatic N) is 1. The molecule has 4 rings (SSSR count). The number of para-hydroxylation sites is 1. The van der Waals surface area contributed by atoms with Crippen molar-refractivity contribution >= 4 is 34.3 Å². The normalized spacial score (nSPS) is 11.0. The Morgan fingerprint density at radius 3 is 2.32 bits per heavy atom. The molecule has 4 aromatic rings. The third kappa shape index (κ3) is 3.55. The molecule has 0 fully saturated rings. The van der Waals surface area contributed by atoms with Crippen LogP contribution in [-0.2, 0) is 0 Å². The largest absolute Gasteiger partial charge is 0.240 e. The van der Waals surface area contributed by atoms with Crippen molar-refractivity contribution in [2.75, 3.05) is 0 Å². The van der Waals surface area contributed by atoms with E-state index in [1.165, 1.54) is 11.1 Å². The van der Waals surface area contributed by atoms with Crippen molar-refractivity contribution in [2.45, 2.75) is 16.8 Å². The third-order valence-corrected chi connectivity index (χ3v) is 5.34. The molecular weight excluding hydrogens is 346 g/mol. The van der Waals surface area contributed by atoms with E-state index in [0.717, 1.165) is 31.4 Å². The second-order valence-corrected chi connectivity index (χ2v) is 7.45. The highest BCUT2D eigenvalue weighted by molar-refractivity contribution is 7.99. The van der Waals surface area contributed by atoms with Crippen molar-refractivity contribution in [3.05, 3.63) is 89.4 Å². The van der Waals surface area contributed by atoms with Gasteiger partial charge in [0.15, 0.2) is 0 Å². The summed E-state index contributed by atoms with van der Waals surface area (Å²) < 4.78 is 0. The van der Waals surface area contributed by atoms with Gasteiger partial charge in [-0.2, -0.15) is 0 Å². The van der Waals surface area contributed by atoms with Crippen LogP contribution in [0.3, 0.4) is 0 Å². The first-order valence-corrected chi connectivity index (χ1v) is 9.29. The Hall–Kier alpha value is -2.29. The minimum atomic E-state index is 0.745. The molecule has 0 atom stereocenters. The standard InChI is InChI=1S/C22H16ClNS/c1-15-6-8-16(9-7-15)20-14-17-4-2-3-5-21(17)24-22(20)25-19-12-10-18(23)11-13-19/h2-14H,1H3. The molecule has 1 nitrogen and oxygen atoms in total. The molecule has 1 aromatic heterocycles. The van der Waals surface area contributed by atoms with E-state index in [-0.39, 0.29) is 0 Å². The summed E-state index contributed by atoms with van der Waals surface area (Å²) in [4.78, 5) is 6.05. The lowest BCUT2D eigenvalue weighted by atomic mass is 10.0. The van der Waals surface area contributed by atoms with Gasteiger partial charge in [-0.05, 0) is 48.9 Å². The fourth-order valence-corrected chi connectivity index (χ4v) is 3.78. The summed E-state index contributed by atoms with van der Waals surface area (Å²) in [7, 11) is 0. The predicted octanol–water partition coefficient (Wildman–Crippen LogP) is 7.01. The van der Waals surface area contributed by atoms with Crippen LogP contribution in [0.1, 0.15) is 5.56 Å². The fraction of sp³-hybridized carbons (Fsp3) is 0.0455. The van der Waals surface area contributed by atoms with Crippen molar-refractivity contribution in [3.63, 3.8) is 0 Å². The number of hydrogen-bond donors (Lipinski definition) is 0. The second-order valence-electron chi connectivity index (χ2n) is 5.96. The van der Waals surface area contributed by atoms with Crippen LogP contribution in [0.4, 0.5) is 0 Å². The van der Waals surface area contributed by atoms with Crippen LogP contribution < -0.4 is 0 Å². The molecule has 0 N–H and O–H groups in total. The predicted molar refractivity (Wildman–Crippen MR) is 107 cm³/mol. The molecule has 3 aromatic carbocycles. The van der Waals surface area contributed by atoms with Crippen LogP contribution >= 0.6 is 23.4 Å². The van der Waals surface area contributed by atoms with Crippen molar-refractivity contribution in [3.8, 4) is 11.1 Å². The summed E-state index contributed by atoms with van der Waals surface area (Å²) >= 11 is 7.68. The first kappa shape index (κ1) is 16.2. The lowest BCUT2D eigenvalue weighted by molar-refractivity contribution is 1.19. The fourth-order valence-electron chi connectivity index (χ4n) is 2.73. The smallest absolute Gasteiger partial charge is 0.109 e. The zero-order valence-electron chi connectivity index (χ0n) is 13.7. The van der Waals surface area contributed by atoms with Crippen molar-refractivity contribution in [2.24, 2.45) is 0 Å². The van der Waals surface area contributed by atoms with Crippen molar-refractivity contribution < 1.29 is 0 Å². The van der Waals surface area contributed by atoms with Gasteiger partial charge in [0, 0.05) is 20.9 Å². The molecule has 0 bridgehead atoms. The van der Waals surface area contributed by atoms with Crippen LogP contribution in [0, 0.1) is 6.92 Å². The zero-order valence-corrected chi connectivity index (χ0v) is 15.3. The highest BCUT2D eigenvalue weighted by Crippen LogP contribution is 2.37. The highest BCUT2D eigenvalue weighted by Gasteiger charge is 2.11. The number of benzene rings is 3. The average Bonchev–Trinajstić information content (AvgIpc) is 2.64. The molecule has 0 unspecified atom stereocenters. The van der Waals surface area contributed by atoms with Crippen molar-refractivity contribution in [1.29, 1.82) is 0 Å². The van der Waals surface area contributed by atoms with Gasteiger partial charge in [0.2, 0.25) is 0 Å². The molecule has 25 heavy (non-hydrogen) atoms. The molecule has 122 valence electrons. The third-order valence-electron chi connectivity index (χ3n) is 4.08. The molecule has 0 saturated carbocycles. The Labute approximate surface area is 156 Å². The van der Waals surface area contributed by atoms with Crippen LogP contribution in [0.15, 0.2) is 88.8 Å². The van der Waals surface area contributed by atoms with Gasteiger partial charge in [-0.25, -0.2) is 4.98 Å². The zero-order chi connectivity index (χ0) is 17.2. The Morgan fingerprint density at radius 2 is 1.56 bits per heavy atom. The topological polar surface area (TPSA) is 12.9 Å². The number of hydrogen-bond acceptors (Lipinski definition) is 2. The highest BCUT2D eigenvalue weighted by atomic mass is 35.5. The number of pyridine rings is 1. The van der Waals surface area contributed by atoms with Gasteiger partial charge in [-0.3, -0.25) is 0 Å². The SMILES string of the molecule is Cc1ccc(-c2cc3ccccc3nc2Sc2ccc(Cl)cc2)cc1. The number of rotatable bonds is 3. The van der Waals surface area contributed by atoms with Gasteiger partial charge in [0.05, 0.1) is 5.52 Å². The lowest BCUT2D eigenvalue weighted by Gasteiger charge is -2.11. The van der Waals surface area contributed by atoms with E-state index in [1.54, 1.807) is 11.8 Å². The Morgan fingerprint density at radius 1 is 0.840 bits per heavy atom. The molecule has 0 spiro atoms. The maximum Gasteiger partial charge on any atom is 0.109 e. The summed E-state index contributed by atoms with van der Waals surface area (Å²) in [5.74, 6) is 0. The van der Waals surface area contributed by atoms with Crippen molar-refractivity contribution in [1.82, 2.24) is 4.98 Å². The van der Waals surface area contributed by atoms with Gasteiger partial charge in [0.1, 0.15) is 5.03 Å². The first-order chi connectivity index (χ1) is 12.2. The number of fused-ring (bicyclic) bond motifs is 1. The monoisotopic (exact) mass is 361 g/mol. The van der Waals surface area contributed by atoms with Gasteiger partial charge >= 0.3 is 0 Å². The van der Waals surface area contributed by atoms with E-state index < -0.39 is 0 Å².